The van der Waals surface area contributed by atoms with Crippen LogP contribution in [-0.2, 0) is 4.79 Å². The number of nitrogens with one attached hydrogen (secondary N) is 1. The van der Waals surface area contributed by atoms with Gasteiger partial charge in [-0.2, -0.15) is 0 Å². The number of hydrogen-bond acceptors (Lipinski definition) is 1. The molecule has 0 aromatic rings. The van der Waals surface area contributed by atoms with Crippen LogP contribution in [0.2, 0.25) is 0 Å². The van der Waals surface area contributed by atoms with Crippen LogP contribution in [0.15, 0.2) is 0 Å². The quantitative estimate of drug-likeness (QED) is 0.657. The van der Waals surface area contributed by atoms with Crippen LogP contribution < -0.4 is 5.32 Å². The van der Waals surface area contributed by atoms with Gasteiger partial charge in [-0.15, -0.1) is 0 Å². The fourth-order valence-electron chi connectivity index (χ4n) is 1.21. The summed E-state index contributed by atoms with van der Waals surface area (Å²) in [5.41, 5.74) is 0. The van der Waals surface area contributed by atoms with E-state index in [1.54, 1.807) is 0 Å². The summed E-state index contributed by atoms with van der Waals surface area (Å²) in [6.45, 7) is 4.21. The summed E-state index contributed by atoms with van der Waals surface area (Å²) in [5.74, 6) is 0.625. The lowest BCUT2D eigenvalue weighted by atomic mass is 10.2. The van der Waals surface area contributed by atoms with Crippen LogP contribution in [0.3, 0.4) is 0 Å². The van der Waals surface area contributed by atoms with E-state index in [1.165, 1.54) is 0 Å². The lowest BCUT2D eigenvalue weighted by Crippen LogP contribution is -2.33. The molecular formula is C9H17NO. The molecule has 0 unspecified atom stereocenters. The number of carbonyl (C=O) groups is 1. The van der Waals surface area contributed by atoms with Crippen molar-refractivity contribution in [1.29, 1.82) is 0 Å². The highest BCUT2D eigenvalue weighted by Gasteiger charge is 2.29. The lowest BCUT2D eigenvalue weighted by molar-refractivity contribution is -0.122. The van der Waals surface area contributed by atoms with Gasteiger partial charge in [0.25, 0.3) is 0 Å². The second-order valence-corrected chi connectivity index (χ2v) is 3.47. The zero-order chi connectivity index (χ0) is 8.27. The standard InChI is InChI=1S/C9H17NO/c1-3-4-7(2)10-9(11)8-5-6-8/h7-8H,3-6H2,1-2H3,(H,10,11)/t7-/m0/s1. The molecule has 0 bridgehead atoms. The van der Waals surface area contributed by atoms with E-state index in [0.29, 0.717) is 12.0 Å². The molecule has 0 saturated heterocycles. The molecule has 2 heteroatoms. The van der Waals surface area contributed by atoms with Crippen LogP contribution in [-0.4, -0.2) is 11.9 Å². The maximum Gasteiger partial charge on any atom is 0.223 e. The summed E-state index contributed by atoms with van der Waals surface area (Å²) in [6.07, 6.45) is 4.44. The maximum absolute atomic E-state index is 11.2. The van der Waals surface area contributed by atoms with E-state index in [2.05, 4.69) is 19.2 Å². The molecule has 0 aromatic carbocycles. The van der Waals surface area contributed by atoms with Crippen LogP contribution in [0, 0.1) is 5.92 Å². The van der Waals surface area contributed by atoms with Gasteiger partial charge in [0, 0.05) is 12.0 Å². The van der Waals surface area contributed by atoms with Gasteiger partial charge in [-0.05, 0) is 26.2 Å². The van der Waals surface area contributed by atoms with Gasteiger partial charge >= 0.3 is 0 Å². The van der Waals surface area contributed by atoms with Gasteiger partial charge in [0.2, 0.25) is 5.91 Å². The van der Waals surface area contributed by atoms with Crippen molar-refractivity contribution in [1.82, 2.24) is 5.32 Å². The summed E-state index contributed by atoms with van der Waals surface area (Å²) in [6, 6.07) is 0.369. The average Bonchev–Trinajstić information content (AvgIpc) is 2.67. The van der Waals surface area contributed by atoms with E-state index in [1.807, 2.05) is 0 Å². The molecule has 1 amide bonds. The molecule has 1 fully saturated rings. The SMILES string of the molecule is CCC[C@H](C)NC(=O)C1CC1. The predicted molar refractivity (Wildman–Crippen MR) is 45.2 cm³/mol. The fourth-order valence-corrected chi connectivity index (χ4v) is 1.21. The molecule has 0 radical (unpaired) electrons. The molecule has 1 atom stereocenters. The van der Waals surface area contributed by atoms with Crippen molar-refractivity contribution in [3.8, 4) is 0 Å². The van der Waals surface area contributed by atoms with Crippen LogP contribution in [0.25, 0.3) is 0 Å². The first-order valence-corrected chi connectivity index (χ1v) is 4.54. The number of carbonyl (C=O) groups excluding carboxylic acids is 1. The van der Waals surface area contributed by atoms with Crippen LogP contribution >= 0.6 is 0 Å². The van der Waals surface area contributed by atoms with E-state index in [9.17, 15) is 4.79 Å². The molecule has 64 valence electrons. The Labute approximate surface area is 68.4 Å². The molecule has 2 nitrogen and oxygen atoms in total. The molecule has 0 aliphatic heterocycles. The summed E-state index contributed by atoms with van der Waals surface area (Å²) in [4.78, 5) is 11.2. The fraction of sp³-hybridized carbons (Fsp3) is 0.889. The molecule has 1 N–H and O–H groups in total. The summed E-state index contributed by atoms with van der Waals surface area (Å²) in [7, 11) is 0. The summed E-state index contributed by atoms with van der Waals surface area (Å²) in [5, 5.41) is 3.00. The Bertz CT molecular complexity index is 140. The minimum absolute atomic E-state index is 0.269. The third-order valence-corrected chi connectivity index (χ3v) is 2.06. The van der Waals surface area contributed by atoms with E-state index in [-0.39, 0.29) is 5.91 Å². The highest BCUT2D eigenvalue weighted by atomic mass is 16.2. The Hall–Kier alpha value is -0.530. The predicted octanol–water partition coefficient (Wildman–Crippen LogP) is 1.70. The van der Waals surface area contributed by atoms with Crippen LogP contribution in [0.4, 0.5) is 0 Å². The minimum Gasteiger partial charge on any atom is -0.353 e. The van der Waals surface area contributed by atoms with Crippen LogP contribution in [0.1, 0.15) is 39.5 Å². The Morgan fingerprint density at radius 3 is 2.73 bits per heavy atom. The van der Waals surface area contributed by atoms with Crippen molar-refractivity contribution in [2.75, 3.05) is 0 Å². The first-order chi connectivity index (χ1) is 5.24. The zero-order valence-corrected chi connectivity index (χ0v) is 7.39. The number of rotatable bonds is 4. The number of amides is 1. The van der Waals surface area contributed by atoms with Gasteiger partial charge in [-0.1, -0.05) is 13.3 Å². The van der Waals surface area contributed by atoms with Crippen molar-refractivity contribution in [2.24, 2.45) is 5.92 Å². The molecule has 0 spiro atoms. The summed E-state index contributed by atoms with van der Waals surface area (Å²) >= 11 is 0. The molecule has 1 aliphatic carbocycles. The largest absolute Gasteiger partial charge is 0.353 e. The zero-order valence-electron chi connectivity index (χ0n) is 7.39. The van der Waals surface area contributed by atoms with Gasteiger partial charge in [0.1, 0.15) is 0 Å². The highest BCUT2D eigenvalue weighted by Crippen LogP contribution is 2.28. The third-order valence-electron chi connectivity index (χ3n) is 2.06. The van der Waals surface area contributed by atoms with Crippen molar-refractivity contribution in [3.05, 3.63) is 0 Å². The van der Waals surface area contributed by atoms with Crippen molar-refractivity contribution >= 4 is 5.91 Å². The average molecular weight is 155 g/mol. The van der Waals surface area contributed by atoms with Gasteiger partial charge in [-0.25, -0.2) is 0 Å². The van der Waals surface area contributed by atoms with Gasteiger partial charge < -0.3 is 5.32 Å². The monoisotopic (exact) mass is 155 g/mol. The van der Waals surface area contributed by atoms with E-state index in [4.69, 9.17) is 0 Å². The van der Waals surface area contributed by atoms with Gasteiger partial charge in [0.05, 0.1) is 0 Å². The minimum atomic E-state index is 0.269. The second kappa shape index (κ2) is 3.74. The molecule has 1 saturated carbocycles. The molecule has 11 heavy (non-hydrogen) atoms. The lowest BCUT2D eigenvalue weighted by Gasteiger charge is -2.11. The molecule has 1 aliphatic rings. The van der Waals surface area contributed by atoms with E-state index < -0.39 is 0 Å². The number of hydrogen-bond donors (Lipinski definition) is 1. The normalized spacial score (nSPS) is 19.5. The topological polar surface area (TPSA) is 29.1 Å². The smallest absolute Gasteiger partial charge is 0.223 e. The van der Waals surface area contributed by atoms with Crippen LogP contribution in [0.5, 0.6) is 0 Å². The molecule has 0 aromatic heterocycles. The van der Waals surface area contributed by atoms with Gasteiger partial charge in [-0.3, -0.25) is 4.79 Å². The van der Waals surface area contributed by atoms with E-state index >= 15 is 0 Å². The third kappa shape index (κ3) is 2.91. The molecular weight excluding hydrogens is 138 g/mol. The Morgan fingerprint density at radius 1 is 1.64 bits per heavy atom. The second-order valence-electron chi connectivity index (χ2n) is 3.47. The Morgan fingerprint density at radius 2 is 2.27 bits per heavy atom. The van der Waals surface area contributed by atoms with Gasteiger partial charge in [0.15, 0.2) is 0 Å². The first kappa shape index (κ1) is 8.57. The summed E-state index contributed by atoms with van der Waals surface area (Å²) < 4.78 is 0. The molecule has 1 rings (SSSR count). The van der Waals surface area contributed by atoms with Crippen molar-refractivity contribution in [2.45, 2.75) is 45.6 Å². The first-order valence-electron chi connectivity index (χ1n) is 4.54. The van der Waals surface area contributed by atoms with Crippen molar-refractivity contribution in [3.63, 3.8) is 0 Å². The maximum atomic E-state index is 11.2. The van der Waals surface area contributed by atoms with Crippen molar-refractivity contribution < 1.29 is 4.79 Å². The highest BCUT2D eigenvalue weighted by molar-refractivity contribution is 5.81. The van der Waals surface area contributed by atoms with E-state index in [0.717, 1.165) is 25.7 Å². The molecule has 0 heterocycles. The Kier molecular flexibility index (Phi) is 2.92. The Balaban J connectivity index is 2.12.